The first kappa shape index (κ1) is 14.0. The van der Waals surface area contributed by atoms with Gasteiger partial charge in [-0.15, -0.1) is 0 Å². The Hall–Kier alpha value is -0.0400. The van der Waals surface area contributed by atoms with Gasteiger partial charge in [-0.1, -0.05) is 47.0 Å². The monoisotopic (exact) mass is 225 g/mol. The van der Waals surface area contributed by atoms with Crippen LogP contribution in [0.5, 0.6) is 0 Å². The van der Waals surface area contributed by atoms with Crippen LogP contribution in [0.25, 0.3) is 0 Å². The van der Waals surface area contributed by atoms with Crippen molar-refractivity contribution in [3.63, 3.8) is 0 Å². The molecule has 96 valence electrons. The summed E-state index contributed by atoms with van der Waals surface area (Å²) in [7, 11) is 0. The number of rotatable bonds is 5. The maximum absolute atomic E-state index is 5.91. The summed E-state index contributed by atoms with van der Waals surface area (Å²) in [5, 5.41) is 0. The SMILES string of the molecule is CC(C)CCCC1CC(C)(C)CCC1CN. The largest absolute Gasteiger partial charge is 0.330 e. The molecule has 0 amide bonds. The molecule has 0 aliphatic heterocycles. The lowest BCUT2D eigenvalue weighted by atomic mass is 9.66. The summed E-state index contributed by atoms with van der Waals surface area (Å²) in [6.07, 6.45) is 8.31. The number of hydrogen-bond donors (Lipinski definition) is 1. The summed E-state index contributed by atoms with van der Waals surface area (Å²) < 4.78 is 0. The van der Waals surface area contributed by atoms with Crippen LogP contribution in [-0.4, -0.2) is 6.54 Å². The minimum absolute atomic E-state index is 0.564. The zero-order chi connectivity index (χ0) is 12.2. The minimum Gasteiger partial charge on any atom is -0.330 e. The van der Waals surface area contributed by atoms with Crippen LogP contribution in [0.2, 0.25) is 0 Å². The Morgan fingerprint density at radius 2 is 1.94 bits per heavy atom. The molecule has 1 saturated carbocycles. The van der Waals surface area contributed by atoms with Crippen LogP contribution in [0, 0.1) is 23.2 Å². The van der Waals surface area contributed by atoms with E-state index in [2.05, 4.69) is 27.7 Å². The van der Waals surface area contributed by atoms with E-state index in [1.54, 1.807) is 0 Å². The topological polar surface area (TPSA) is 26.0 Å². The van der Waals surface area contributed by atoms with E-state index < -0.39 is 0 Å². The highest BCUT2D eigenvalue weighted by molar-refractivity contribution is 4.85. The smallest absolute Gasteiger partial charge is 0.00462 e. The Kier molecular flexibility index (Phi) is 5.30. The molecule has 0 spiro atoms. The van der Waals surface area contributed by atoms with Crippen molar-refractivity contribution in [2.24, 2.45) is 28.9 Å². The van der Waals surface area contributed by atoms with Crippen molar-refractivity contribution in [2.75, 3.05) is 6.54 Å². The standard InChI is InChI=1S/C15H31N/c1-12(2)6-5-7-13-10-15(3,4)9-8-14(13)11-16/h12-14H,5-11,16H2,1-4H3. The fourth-order valence-electron chi connectivity index (χ4n) is 3.23. The molecule has 1 nitrogen and oxygen atoms in total. The molecular weight excluding hydrogens is 194 g/mol. The molecule has 1 aliphatic rings. The number of nitrogens with two attached hydrogens (primary N) is 1. The third-order valence-corrected chi connectivity index (χ3v) is 4.33. The van der Waals surface area contributed by atoms with E-state index >= 15 is 0 Å². The molecule has 0 aromatic heterocycles. The predicted octanol–water partition coefficient (Wildman–Crippen LogP) is 4.21. The molecule has 0 radical (unpaired) electrons. The van der Waals surface area contributed by atoms with Gasteiger partial charge in [0.2, 0.25) is 0 Å². The molecule has 1 heteroatoms. The third-order valence-electron chi connectivity index (χ3n) is 4.33. The maximum atomic E-state index is 5.91. The van der Waals surface area contributed by atoms with Crippen molar-refractivity contribution < 1.29 is 0 Å². The van der Waals surface area contributed by atoms with Gasteiger partial charge in [-0.25, -0.2) is 0 Å². The van der Waals surface area contributed by atoms with Crippen molar-refractivity contribution in [1.29, 1.82) is 0 Å². The molecule has 1 rings (SSSR count). The van der Waals surface area contributed by atoms with Gasteiger partial charge in [-0.3, -0.25) is 0 Å². The molecule has 0 saturated heterocycles. The lowest BCUT2D eigenvalue weighted by molar-refractivity contribution is 0.112. The zero-order valence-corrected chi connectivity index (χ0v) is 11.8. The van der Waals surface area contributed by atoms with Crippen LogP contribution in [0.15, 0.2) is 0 Å². The molecule has 2 unspecified atom stereocenters. The van der Waals surface area contributed by atoms with Gasteiger partial charge in [0.15, 0.2) is 0 Å². The molecule has 16 heavy (non-hydrogen) atoms. The van der Waals surface area contributed by atoms with E-state index in [0.717, 1.165) is 24.3 Å². The quantitative estimate of drug-likeness (QED) is 0.745. The van der Waals surface area contributed by atoms with Crippen molar-refractivity contribution in [1.82, 2.24) is 0 Å². The van der Waals surface area contributed by atoms with Gasteiger partial charge in [0.05, 0.1) is 0 Å². The molecule has 0 aromatic rings. The van der Waals surface area contributed by atoms with Crippen LogP contribution >= 0.6 is 0 Å². The third kappa shape index (κ3) is 4.45. The van der Waals surface area contributed by atoms with Gasteiger partial charge in [0, 0.05) is 0 Å². The van der Waals surface area contributed by atoms with Crippen LogP contribution in [0.1, 0.15) is 66.2 Å². The second kappa shape index (κ2) is 6.05. The van der Waals surface area contributed by atoms with Crippen molar-refractivity contribution in [3.05, 3.63) is 0 Å². The Balaban J connectivity index is 2.39. The highest BCUT2D eigenvalue weighted by Crippen LogP contribution is 2.43. The molecule has 1 aliphatic carbocycles. The second-order valence-electron chi connectivity index (χ2n) is 6.99. The normalized spacial score (nSPS) is 29.6. The number of hydrogen-bond acceptors (Lipinski definition) is 1. The van der Waals surface area contributed by atoms with E-state index in [1.165, 1.54) is 38.5 Å². The Morgan fingerprint density at radius 3 is 2.50 bits per heavy atom. The first-order chi connectivity index (χ1) is 7.44. The van der Waals surface area contributed by atoms with E-state index in [0.29, 0.717) is 5.41 Å². The van der Waals surface area contributed by atoms with Crippen LogP contribution in [-0.2, 0) is 0 Å². The summed E-state index contributed by atoms with van der Waals surface area (Å²) in [5.74, 6) is 2.56. The lowest BCUT2D eigenvalue weighted by Crippen LogP contribution is -2.34. The van der Waals surface area contributed by atoms with Crippen molar-refractivity contribution in [2.45, 2.75) is 66.2 Å². The second-order valence-corrected chi connectivity index (χ2v) is 6.99. The van der Waals surface area contributed by atoms with Crippen molar-refractivity contribution in [3.8, 4) is 0 Å². The fraction of sp³-hybridized carbons (Fsp3) is 1.00. The van der Waals surface area contributed by atoms with E-state index in [1.807, 2.05) is 0 Å². The molecule has 0 heterocycles. The first-order valence-electron chi connectivity index (χ1n) is 7.14. The van der Waals surface area contributed by atoms with Crippen LogP contribution < -0.4 is 5.73 Å². The zero-order valence-electron chi connectivity index (χ0n) is 11.8. The van der Waals surface area contributed by atoms with E-state index in [9.17, 15) is 0 Å². The van der Waals surface area contributed by atoms with Gasteiger partial charge in [-0.2, -0.15) is 0 Å². The predicted molar refractivity (Wildman–Crippen MR) is 72.4 cm³/mol. The summed E-state index contributed by atoms with van der Waals surface area (Å²) in [6.45, 7) is 10.4. The lowest BCUT2D eigenvalue weighted by Gasteiger charge is -2.40. The summed E-state index contributed by atoms with van der Waals surface area (Å²) in [5.41, 5.74) is 6.48. The maximum Gasteiger partial charge on any atom is -0.00462 e. The molecule has 0 aromatic carbocycles. The fourth-order valence-corrected chi connectivity index (χ4v) is 3.23. The first-order valence-corrected chi connectivity index (χ1v) is 7.14. The highest BCUT2D eigenvalue weighted by atomic mass is 14.6. The summed E-state index contributed by atoms with van der Waals surface area (Å²) in [4.78, 5) is 0. The van der Waals surface area contributed by atoms with Gasteiger partial charge in [0.25, 0.3) is 0 Å². The summed E-state index contributed by atoms with van der Waals surface area (Å²) in [6, 6.07) is 0. The summed E-state index contributed by atoms with van der Waals surface area (Å²) >= 11 is 0. The van der Waals surface area contributed by atoms with E-state index in [-0.39, 0.29) is 0 Å². The Bertz CT molecular complexity index is 196. The highest BCUT2D eigenvalue weighted by Gasteiger charge is 2.33. The molecule has 0 bridgehead atoms. The van der Waals surface area contributed by atoms with Crippen LogP contribution in [0.3, 0.4) is 0 Å². The van der Waals surface area contributed by atoms with E-state index in [4.69, 9.17) is 5.73 Å². The average Bonchev–Trinajstić information content (AvgIpc) is 2.16. The Morgan fingerprint density at radius 1 is 1.25 bits per heavy atom. The van der Waals surface area contributed by atoms with Gasteiger partial charge in [0.1, 0.15) is 0 Å². The molecular formula is C15H31N. The minimum atomic E-state index is 0.564. The molecule has 2 atom stereocenters. The average molecular weight is 225 g/mol. The Labute approximate surface area is 102 Å². The van der Waals surface area contributed by atoms with Crippen LogP contribution in [0.4, 0.5) is 0 Å². The molecule has 1 fully saturated rings. The van der Waals surface area contributed by atoms with Gasteiger partial charge < -0.3 is 5.73 Å². The van der Waals surface area contributed by atoms with Crippen molar-refractivity contribution >= 4 is 0 Å². The van der Waals surface area contributed by atoms with Gasteiger partial charge in [-0.05, 0) is 49.0 Å². The van der Waals surface area contributed by atoms with Gasteiger partial charge >= 0.3 is 0 Å². The molecule has 2 N–H and O–H groups in total.